The Morgan fingerprint density at radius 1 is 1.20 bits per heavy atom. The highest BCUT2D eigenvalue weighted by molar-refractivity contribution is 5.30. The molecule has 0 atom stereocenters. The monoisotopic (exact) mass is 208 g/mol. The minimum atomic E-state index is 0.00299. The van der Waals surface area contributed by atoms with Crippen LogP contribution in [0.2, 0.25) is 0 Å². The molecule has 1 aliphatic rings. The zero-order valence-electron chi connectivity index (χ0n) is 8.93. The first-order valence-corrected chi connectivity index (χ1v) is 5.15. The summed E-state index contributed by atoms with van der Waals surface area (Å²) in [6.45, 7) is 4.03. The van der Waals surface area contributed by atoms with Gasteiger partial charge in [0.25, 0.3) is 0 Å². The molecule has 0 aromatic carbocycles. The van der Waals surface area contributed by atoms with E-state index in [1.165, 1.54) is 0 Å². The van der Waals surface area contributed by atoms with Crippen molar-refractivity contribution in [3.63, 3.8) is 0 Å². The van der Waals surface area contributed by atoms with Gasteiger partial charge in [-0.2, -0.15) is 0 Å². The number of aliphatic hydroxyl groups is 1. The summed E-state index contributed by atoms with van der Waals surface area (Å²) in [5.74, 6) is 0.764. The third-order valence-corrected chi connectivity index (χ3v) is 2.66. The van der Waals surface area contributed by atoms with E-state index in [0.717, 1.165) is 37.7 Å². The van der Waals surface area contributed by atoms with Crippen LogP contribution in [0.1, 0.15) is 5.56 Å². The molecule has 0 radical (unpaired) electrons. The van der Waals surface area contributed by atoms with Crippen LogP contribution in [0.15, 0.2) is 12.4 Å². The Labute approximate surface area is 89.4 Å². The van der Waals surface area contributed by atoms with E-state index >= 15 is 0 Å². The smallest absolute Gasteiger partial charge is 0.225 e. The first kappa shape index (κ1) is 10.3. The van der Waals surface area contributed by atoms with Crippen LogP contribution in [-0.2, 0) is 6.61 Å². The number of nitrogens with zero attached hydrogens (tertiary/aromatic N) is 4. The Bertz CT molecular complexity index is 306. The lowest BCUT2D eigenvalue weighted by Crippen LogP contribution is -2.45. The molecule has 0 unspecified atom stereocenters. The van der Waals surface area contributed by atoms with Gasteiger partial charge in [0.15, 0.2) is 0 Å². The number of likely N-dealkylation sites (N-methyl/N-ethyl adjacent to an activating group) is 1. The lowest BCUT2D eigenvalue weighted by molar-refractivity contribution is 0.280. The predicted molar refractivity (Wildman–Crippen MR) is 57.7 cm³/mol. The van der Waals surface area contributed by atoms with Crippen molar-refractivity contribution >= 4 is 5.95 Å². The molecule has 1 aliphatic heterocycles. The number of hydrogen-bond donors (Lipinski definition) is 1. The molecule has 5 heteroatoms. The van der Waals surface area contributed by atoms with Crippen LogP contribution < -0.4 is 4.90 Å². The molecular formula is C10H16N4O. The van der Waals surface area contributed by atoms with Gasteiger partial charge < -0.3 is 14.9 Å². The van der Waals surface area contributed by atoms with Crippen molar-refractivity contribution in [1.29, 1.82) is 0 Å². The highest BCUT2D eigenvalue weighted by Crippen LogP contribution is 2.09. The first-order valence-electron chi connectivity index (χ1n) is 5.15. The summed E-state index contributed by atoms with van der Waals surface area (Å²) in [4.78, 5) is 12.9. The van der Waals surface area contributed by atoms with Gasteiger partial charge in [0.05, 0.1) is 6.61 Å². The molecule has 1 N–H and O–H groups in total. The van der Waals surface area contributed by atoms with E-state index in [1.54, 1.807) is 12.4 Å². The fraction of sp³-hybridized carbons (Fsp3) is 0.600. The number of piperazine rings is 1. The van der Waals surface area contributed by atoms with Crippen molar-refractivity contribution in [1.82, 2.24) is 14.9 Å². The Balaban J connectivity index is 2.03. The van der Waals surface area contributed by atoms with Crippen LogP contribution in [0, 0.1) is 0 Å². The van der Waals surface area contributed by atoms with Crippen LogP contribution in [0.4, 0.5) is 5.95 Å². The molecule has 15 heavy (non-hydrogen) atoms. The van der Waals surface area contributed by atoms with Gasteiger partial charge >= 0.3 is 0 Å². The molecule has 1 aromatic rings. The molecule has 2 rings (SSSR count). The average molecular weight is 208 g/mol. The predicted octanol–water partition coefficient (Wildman–Crippen LogP) is -0.279. The Hall–Kier alpha value is -1.20. The van der Waals surface area contributed by atoms with Crippen LogP contribution in [-0.4, -0.2) is 53.2 Å². The highest BCUT2D eigenvalue weighted by atomic mass is 16.3. The lowest BCUT2D eigenvalue weighted by atomic mass is 10.3. The van der Waals surface area contributed by atoms with E-state index in [0.29, 0.717) is 0 Å². The maximum Gasteiger partial charge on any atom is 0.225 e. The quantitative estimate of drug-likeness (QED) is 0.724. The summed E-state index contributed by atoms with van der Waals surface area (Å²) in [6, 6.07) is 0. The molecule has 1 aromatic heterocycles. The molecule has 0 aliphatic carbocycles. The van der Waals surface area contributed by atoms with Gasteiger partial charge in [-0.15, -0.1) is 0 Å². The van der Waals surface area contributed by atoms with Crippen LogP contribution in [0.5, 0.6) is 0 Å². The van der Waals surface area contributed by atoms with Gasteiger partial charge in [-0.3, -0.25) is 0 Å². The second-order valence-corrected chi connectivity index (χ2v) is 3.84. The second kappa shape index (κ2) is 4.55. The number of aromatic nitrogens is 2. The van der Waals surface area contributed by atoms with Gasteiger partial charge in [-0.05, 0) is 7.05 Å². The molecule has 0 spiro atoms. The Morgan fingerprint density at radius 3 is 2.33 bits per heavy atom. The molecule has 82 valence electrons. The van der Waals surface area contributed by atoms with Gasteiger partial charge in [-0.25, -0.2) is 9.97 Å². The van der Waals surface area contributed by atoms with E-state index < -0.39 is 0 Å². The fourth-order valence-electron chi connectivity index (χ4n) is 1.60. The molecule has 0 bridgehead atoms. The van der Waals surface area contributed by atoms with E-state index in [2.05, 4.69) is 26.8 Å². The standard InChI is InChI=1S/C10H16N4O/c1-13-2-4-14(5-3-13)10-11-6-9(8-15)7-12-10/h6-7,15H,2-5,8H2,1H3. The first-order chi connectivity index (χ1) is 7.29. The molecule has 1 saturated heterocycles. The molecule has 0 amide bonds. The third-order valence-electron chi connectivity index (χ3n) is 2.66. The molecule has 2 heterocycles. The van der Waals surface area contributed by atoms with Crippen molar-refractivity contribution in [3.8, 4) is 0 Å². The molecule has 0 saturated carbocycles. The summed E-state index contributed by atoms with van der Waals surface area (Å²) in [5.41, 5.74) is 0.757. The van der Waals surface area contributed by atoms with Gasteiger partial charge in [0, 0.05) is 44.1 Å². The zero-order chi connectivity index (χ0) is 10.7. The van der Waals surface area contributed by atoms with Crippen molar-refractivity contribution in [2.24, 2.45) is 0 Å². The fourth-order valence-corrected chi connectivity index (χ4v) is 1.60. The number of rotatable bonds is 2. The Morgan fingerprint density at radius 2 is 1.80 bits per heavy atom. The summed E-state index contributed by atoms with van der Waals surface area (Å²) >= 11 is 0. The third kappa shape index (κ3) is 2.43. The van der Waals surface area contributed by atoms with Crippen LogP contribution in [0.3, 0.4) is 0 Å². The minimum absolute atomic E-state index is 0.00299. The van der Waals surface area contributed by atoms with Gasteiger partial charge in [0.2, 0.25) is 5.95 Å². The summed E-state index contributed by atoms with van der Waals surface area (Å²) in [6.07, 6.45) is 3.36. The maximum atomic E-state index is 8.87. The SMILES string of the molecule is CN1CCN(c2ncc(CO)cn2)CC1. The van der Waals surface area contributed by atoms with Crippen molar-refractivity contribution in [2.75, 3.05) is 38.1 Å². The largest absolute Gasteiger partial charge is 0.392 e. The number of aliphatic hydroxyl groups excluding tert-OH is 1. The molecule has 1 fully saturated rings. The Kier molecular flexibility index (Phi) is 3.13. The maximum absolute atomic E-state index is 8.87. The van der Waals surface area contributed by atoms with Gasteiger partial charge in [0.1, 0.15) is 0 Å². The van der Waals surface area contributed by atoms with Gasteiger partial charge in [-0.1, -0.05) is 0 Å². The summed E-state index contributed by atoms with van der Waals surface area (Å²) in [7, 11) is 2.12. The van der Waals surface area contributed by atoms with E-state index in [4.69, 9.17) is 5.11 Å². The topological polar surface area (TPSA) is 52.5 Å². The molecular weight excluding hydrogens is 192 g/mol. The normalized spacial score (nSPS) is 18.1. The highest BCUT2D eigenvalue weighted by Gasteiger charge is 2.15. The van der Waals surface area contributed by atoms with Crippen molar-refractivity contribution in [3.05, 3.63) is 18.0 Å². The lowest BCUT2D eigenvalue weighted by Gasteiger charge is -2.32. The van der Waals surface area contributed by atoms with E-state index in [-0.39, 0.29) is 6.61 Å². The van der Waals surface area contributed by atoms with Crippen molar-refractivity contribution in [2.45, 2.75) is 6.61 Å². The summed E-state index contributed by atoms with van der Waals surface area (Å²) < 4.78 is 0. The van der Waals surface area contributed by atoms with Crippen LogP contribution >= 0.6 is 0 Å². The zero-order valence-corrected chi connectivity index (χ0v) is 8.93. The average Bonchev–Trinajstić information content (AvgIpc) is 2.30. The van der Waals surface area contributed by atoms with Crippen LogP contribution in [0.25, 0.3) is 0 Å². The second-order valence-electron chi connectivity index (χ2n) is 3.84. The minimum Gasteiger partial charge on any atom is -0.392 e. The van der Waals surface area contributed by atoms with E-state index in [1.807, 2.05) is 0 Å². The number of anilines is 1. The molecule has 5 nitrogen and oxygen atoms in total. The summed E-state index contributed by atoms with van der Waals surface area (Å²) in [5, 5.41) is 8.87. The van der Waals surface area contributed by atoms with Crippen molar-refractivity contribution < 1.29 is 5.11 Å². The van der Waals surface area contributed by atoms with E-state index in [9.17, 15) is 0 Å². The number of hydrogen-bond acceptors (Lipinski definition) is 5.